The highest BCUT2D eigenvalue weighted by atomic mass is 32.2. The molecule has 2 rings (SSSR count). The predicted molar refractivity (Wildman–Crippen MR) is 59.2 cm³/mol. The van der Waals surface area contributed by atoms with E-state index in [0.717, 1.165) is 50.7 Å². The highest BCUT2D eigenvalue weighted by Gasteiger charge is 2.33. The second-order valence-electron chi connectivity index (χ2n) is 3.97. The van der Waals surface area contributed by atoms with Crippen LogP contribution in [0.25, 0.3) is 0 Å². The van der Waals surface area contributed by atoms with Crippen molar-refractivity contribution in [2.75, 3.05) is 25.6 Å². The van der Waals surface area contributed by atoms with Gasteiger partial charge in [-0.3, -0.25) is 4.99 Å². The molecule has 2 heterocycles. The summed E-state index contributed by atoms with van der Waals surface area (Å²) >= 11 is 1.65. The number of nitrogens with two attached hydrogens (primary N) is 1. The Bertz CT molecular complexity index is 226. The molecule has 5 heteroatoms. The Morgan fingerprint density at radius 3 is 2.86 bits per heavy atom. The molecule has 0 aliphatic carbocycles. The minimum Gasteiger partial charge on any atom is -0.381 e. The Balaban J connectivity index is 1.96. The molecule has 0 radical (unpaired) electrons. The second-order valence-corrected chi connectivity index (χ2v) is 4.72. The number of aliphatic imine (C=N–C) groups is 1. The van der Waals surface area contributed by atoms with Crippen molar-refractivity contribution in [1.82, 2.24) is 4.72 Å². The Labute approximate surface area is 88.8 Å². The van der Waals surface area contributed by atoms with Crippen molar-refractivity contribution in [2.45, 2.75) is 19.3 Å². The van der Waals surface area contributed by atoms with Crippen LogP contribution in [0.4, 0.5) is 0 Å². The summed E-state index contributed by atoms with van der Waals surface area (Å²) in [5.74, 6) is 1.95. The summed E-state index contributed by atoms with van der Waals surface area (Å²) in [7, 11) is 0. The van der Waals surface area contributed by atoms with Gasteiger partial charge in [-0.05, 0) is 36.7 Å². The maximum atomic E-state index is 5.87. The van der Waals surface area contributed by atoms with Gasteiger partial charge in [-0.15, -0.1) is 0 Å². The number of nitrogens with zero attached hydrogens (tertiary/aromatic N) is 1. The molecule has 0 atom stereocenters. The largest absolute Gasteiger partial charge is 0.381 e. The van der Waals surface area contributed by atoms with E-state index in [1.807, 2.05) is 0 Å². The molecule has 0 unspecified atom stereocenters. The smallest absolute Gasteiger partial charge is 0.108 e. The highest BCUT2D eigenvalue weighted by Crippen LogP contribution is 2.33. The van der Waals surface area contributed by atoms with Crippen LogP contribution in [0.15, 0.2) is 4.99 Å². The van der Waals surface area contributed by atoms with Crippen molar-refractivity contribution in [3.8, 4) is 0 Å². The molecule has 80 valence electrons. The fourth-order valence-electron chi connectivity index (χ4n) is 1.96. The molecule has 0 saturated carbocycles. The van der Waals surface area contributed by atoms with E-state index >= 15 is 0 Å². The molecule has 2 aliphatic rings. The number of amidine groups is 1. The van der Waals surface area contributed by atoms with Gasteiger partial charge in [0.05, 0.1) is 0 Å². The molecular weight excluding hydrogens is 198 g/mol. The summed E-state index contributed by atoms with van der Waals surface area (Å²) in [5, 5.41) is 0. The summed E-state index contributed by atoms with van der Waals surface area (Å²) in [6, 6.07) is 0. The minimum atomic E-state index is 0.231. The average molecular weight is 215 g/mol. The van der Waals surface area contributed by atoms with Gasteiger partial charge in [0.15, 0.2) is 0 Å². The molecule has 0 amide bonds. The molecule has 2 aliphatic heterocycles. The van der Waals surface area contributed by atoms with Crippen LogP contribution in [0, 0.1) is 5.41 Å². The summed E-state index contributed by atoms with van der Waals surface area (Å²) in [6.07, 6.45) is 3.11. The average Bonchev–Trinajstić information content (AvgIpc) is 2.72. The van der Waals surface area contributed by atoms with E-state index < -0.39 is 0 Å². The number of nitrogens with one attached hydrogen (secondary N) is 1. The third-order valence-corrected chi connectivity index (χ3v) is 3.68. The predicted octanol–water partition coefficient (Wildman–Crippen LogP) is 0.739. The molecule has 1 fully saturated rings. The number of rotatable bonds is 3. The first kappa shape index (κ1) is 10.3. The van der Waals surface area contributed by atoms with E-state index in [4.69, 9.17) is 10.5 Å². The third kappa shape index (κ3) is 2.21. The van der Waals surface area contributed by atoms with Crippen LogP contribution in [0.2, 0.25) is 0 Å². The first-order valence-electron chi connectivity index (χ1n) is 5.04. The SMILES string of the molecule is NCC1(CC2=NCSN2)CCOCC1. The summed E-state index contributed by atoms with van der Waals surface area (Å²) < 4.78 is 8.60. The van der Waals surface area contributed by atoms with E-state index in [0.29, 0.717) is 0 Å². The van der Waals surface area contributed by atoms with Crippen molar-refractivity contribution in [3.63, 3.8) is 0 Å². The zero-order valence-electron chi connectivity index (χ0n) is 8.29. The number of ether oxygens (including phenoxy) is 1. The zero-order chi connectivity index (χ0) is 9.86. The van der Waals surface area contributed by atoms with E-state index in [9.17, 15) is 0 Å². The molecule has 1 saturated heterocycles. The zero-order valence-corrected chi connectivity index (χ0v) is 9.11. The lowest BCUT2D eigenvalue weighted by molar-refractivity contribution is 0.0223. The van der Waals surface area contributed by atoms with Crippen LogP contribution in [0.1, 0.15) is 19.3 Å². The van der Waals surface area contributed by atoms with E-state index in [-0.39, 0.29) is 5.41 Å². The van der Waals surface area contributed by atoms with Gasteiger partial charge < -0.3 is 15.2 Å². The van der Waals surface area contributed by atoms with Crippen LogP contribution in [-0.4, -0.2) is 31.5 Å². The Kier molecular flexibility index (Phi) is 3.30. The lowest BCUT2D eigenvalue weighted by atomic mass is 9.77. The molecule has 3 N–H and O–H groups in total. The number of hydrogen-bond donors (Lipinski definition) is 2. The van der Waals surface area contributed by atoms with Gasteiger partial charge in [-0.25, -0.2) is 0 Å². The van der Waals surface area contributed by atoms with Crippen molar-refractivity contribution in [1.29, 1.82) is 0 Å². The lowest BCUT2D eigenvalue weighted by Gasteiger charge is -2.35. The summed E-state index contributed by atoms with van der Waals surface area (Å²) in [4.78, 5) is 4.39. The minimum absolute atomic E-state index is 0.231. The van der Waals surface area contributed by atoms with Crippen LogP contribution in [0.5, 0.6) is 0 Å². The second kappa shape index (κ2) is 4.51. The van der Waals surface area contributed by atoms with Gasteiger partial charge in [-0.1, -0.05) is 0 Å². The lowest BCUT2D eigenvalue weighted by Crippen LogP contribution is -2.39. The standard InChI is InChI=1S/C9H17N3OS/c10-6-9(1-3-13-4-2-9)5-8-11-7-14-12-8/h1-7,10H2,(H,11,12). The normalized spacial score (nSPS) is 25.6. The van der Waals surface area contributed by atoms with Gasteiger partial charge in [0.25, 0.3) is 0 Å². The van der Waals surface area contributed by atoms with Crippen molar-refractivity contribution >= 4 is 17.8 Å². The van der Waals surface area contributed by atoms with Crippen LogP contribution in [-0.2, 0) is 4.74 Å². The molecule has 0 spiro atoms. The quantitative estimate of drug-likeness (QED) is 0.682. The number of hydrogen-bond acceptors (Lipinski definition) is 5. The highest BCUT2D eigenvalue weighted by molar-refractivity contribution is 7.98. The Morgan fingerprint density at radius 1 is 1.50 bits per heavy atom. The maximum absolute atomic E-state index is 5.87. The van der Waals surface area contributed by atoms with Gasteiger partial charge in [0, 0.05) is 19.6 Å². The third-order valence-electron chi connectivity index (χ3n) is 3.04. The molecular formula is C9H17N3OS. The molecule has 0 aromatic heterocycles. The van der Waals surface area contributed by atoms with Gasteiger partial charge >= 0.3 is 0 Å². The summed E-state index contributed by atoms with van der Waals surface area (Å²) in [5.41, 5.74) is 6.10. The molecule has 0 aromatic carbocycles. The summed E-state index contributed by atoms with van der Waals surface area (Å²) in [6.45, 7) is 2.43. The van der Waals surface area contributed by atoms with Crippen molar-refractivity contribution in [2.24, 2.45) is 16.1 Å². The van der Waals surface area contributed by atoms with E-state index in [2.05, 4.69) is 9.71 Å². The Hall–Kier alpha value is -0.260. The fourth-order valence-corrected chi connectivity index (χ4v) is 2.55. The van der Waals surface area contributed by atoms with Crippen LogP contribution >= 0.6 is 11.9 Å². The monoisotopic (exact) mass is 215 g/mol. The Morgan fingerprint density at radius 2 is 2.29 bits per heavy atom. The van der Waals surface area contributed by atoms with Crippen LogP contribution in [0.3, 0.4) is 0 Å². The molecule has 0 aromatic rings. The molecule has 4 nitrogen and oxygen atoms in total. The van der Waals surface area contributed by atoms with Gasteiger partial charge in [-0.2, -0.15) is 0 Å². The van der Waals surface area contributed by atoms with Crippen molar-refractivity contribution < 1.29 is 4.74 Å². The molecule has 0 bridgehead atoms. The fraction of sp³-hybridized carbons (Fsp3) is 0.889. The van der Waals surface area contributed by atoms with Crippen LogP contribution < -0.4 is 10.5 Å². The van der Waals surface area contributed by atoms with Crippen molar-refractivity contribution in [3.05, 3.63) is 0 Å². The van der Waals surface area contributed by atoms with E-state index in [1.54, 1.807) is 11.9 Å². The first-order chi connectivity index (χ1) is 6.85. The van der Waals surface area contributed by atoms with Gasteiger partial charge in [0.2, 0.25) is 0 Å². The molecule has 14 heavy (non-hydrogen) atoms. The maximum Gasteiger partial charge on any atom is 0.108 e. The van der Waals surface area contributed by atoms with E-state index in [1.165, 1.54) is 0 Å². The van der Waals surface area contributed by atoms with Gasteiger partial charge in [0.1, 0.15) is 11.7 Å². The first-order valence-corrected chi connectivity index (χ1v) is 6.02. The topological polar surface area (TPSA) is 59.6 Å².